The number of nitrogens with one attached hydrogen (secondary N) is 1. The van der Waals surface area contributed by atoms with E-state index in [0.29, 0.717) is 6.54 Å². The zero-order valence-electron chi connectivity index (χ0n) is 10.4. The van der Waals surface area contributed by atoms with Gasteiger partial charge in [0.2, 0.25) is 0 Å². The molecule has 0 radical (unpaired) electrons. The van der Waals surface area contributed by atoms with Crippen molar-refractivity contribution < 1.29 is 5.11 Å². The molecule has 0 spiro atoms. The second-order valence-electron chi connectivity index (χ2n) is 5.17. The molecule has 0 aliphatic heterocycles. The van der Waals surface area contributed by atoms with Gasteiger partial charge in [-0.3, -0.25) is 0 Å². The number of fused-ring (bicyclic) bond motifs is 1. The highest BCUT2D eigenvalue weighted by Gasteiger charge is 2.30. The van der Waals surface area contributed by atoms with Crippen LogP contribution in [0.4, 0.5) is 5.82 Å². The van der Waals surface area contributed by atoms with Crippen molar-refractivity contribution in [3.63, 3.8) is 0 Å². The number of anilines is 1. The fraction of sp³-hybridized carbons (Fsp3) is 0.400. The summed E-state index contributed by atoms with van der Waals surface area (Å²) in [6.45, 7) is 0.591. The topological polar surface area (TPSA) is 45.1 Å². The molecule has 18 heavy (non-hydrogen) atoms. The predicted octanol–water partition coefficient (Wildman–Crippen LogP) is 2.95. The van der Waals surface area contributed by atoms with Crippen molar-refractivity contribution in [1.82, 2.24) is 4.98 Å². The summed E-state index contributed by atoms with van der Waals surface area (Å²) >= 11 is 0. The number of pyridine rings is 1. The Kier molecular flexibility index (Phi) is 2.92. The molecule has 1 aliphatic carbocycles. The van der Waals surface area contributed by atoms with Crippen LogP contribution >= 0.6 is 0 Å². The zero-order valence-corrected chi connectivity index (χ0v) is 10.4. The van der Waals surface area contributed by atoms with Gasteiger partial charge >= 0.3 is 0 Å². The van der Waals surface area contributed by atoms with Gasteiger partial charge in [0.1, 0.15) is 5.82 Å². The van der Waals surface area contributed by atoms with E-state index in [1.54, 1.807) is 0 Å². The van der Waals surface area contributed by atoms with E-state index in [-0.39, 0.29) is 0 Å². The molecule has 0 bridgehead atoms. The van der Waals surface area contributed by atoms with Crippen LogP contribution in [0, 0.1) is 0 Å². The lowest BCUT2D eigenvalue weighted by Gasteiger charge is -2.23. The molecule has 1 heterocycles. The number of nitrogens with zero attached hydrogens (tertiary/aromatic N) is 1. The van der Waals surface area contributed by atoms with Crippen LogP contribution in [0.15, 0.2) is 36.5 Å². The van der Waals surface area contributed by atoms with E-state index in [0.717, 1.165) is 36.9 Å². The van der Waals surface area contributed by atoms with Crippen LogP contribution in [0.25, 0.3) is 10.8 Å². The Hall–Kier alpha value is -1.61. The van der Waals surface area contributed by atoms with Crippen LogP contribution in [-0.2, 0) is 0 Å². The average Bonchev–Trinajstić information content (AvgIpc) is 2.84. The smallest absolute Gasteiger partial charge is 0.133 e. The molecule has 2 N–H and O–H groups in total. The van der Waals surface area contributed by atoms with Gasteiger partial charge in [-0.1, -0.05) is 37.1 Å². The fourth-order valence-electron chi connectivity index (χ4n) is 2.72. The lowest BCUT2D eigenvalue weighted by Crippen LogP contribution is -2.33. The van der Waals surface area contributed by atoms with Crippen molar-refractivity contribution in [2.24, 2.45) is 0 Å². The molecular formula is C15H18N2O. The molecule has 1 aromatic heterocycles. The summed E-state index contributed by atoms with van der Waals surface area (Å²) in [6.07, 6.45) is 5.85. The molecule has 1 fully saturated rings. The summed E-state index contributed by atoms with van der Waals surface area (Å²) in [5.74, 6) is 0.869. The number of aliphatic hydroxyl groups is 1. The molecule has 1 aromatic carbocycles. The molecule has 0 saturated heterocycles. The SMILES string of the molecule is OC1(CNc2nccc3ccccc23)CCCC1. The van der Waals surface area contributed by atoms with Crippen molar-refractivity contribution in [1.29, 1.82) is 0 Å². The second-order valence-corrected chi connectivity index (χ2v) is 5.17. The molecule has 94 valence electrons. The van der Waals surface area contributed by atoms with Gasteiger partial charge in [-0.2, -0.15) is 0 Å². The molecule has 2 aromatic rings. The molecule has 1 aliphatic rings. The standard InChI is InChI=1S/C15H18N2O/c18-15(8-3-4-9-15)11-17-14-13-6-2-1-5-12(13)7-10-16-14/h1-2,5-7,10,18H,3-4,8-9,11H2,(H,16,17). The van der Waals surface area contributed by atoms with Crippen molar-refractivity contribution >= 4 is 16.6 Å². The van der Waals surface area contributed by atoms with E-state index in [9.17, 15) is 5.11 Å². The van der Waals surface area contributed by atoms with Crippen LogP contribution < -0.4 is 5.32 Å². The normalized spacial score (nSPS) is 18.1. The van der Waals surface area contributed by atoms with E-state index in [4.69, 9.17) is 0 Å². The Labute approximate surface area is 107 Å². The van der Waals surface area contributed by atoms with E-state index in [2.05, 4.69) is 22.4 Å². The zero-order chi connectivity index (χ0) is 12.4. The van der Waals surface area contributed by atoms with Crippen LogP contribution in [0.1, 0.15) is 25.7 Å². The van der Waals surface area contributed by atoms with E-state index in [1.807, 2.05) is 24.4 Å². The van der Waals surface area contributed by atoms with Gasteiger partial charge in [-0.25, -0.2) is 4.98 Å². The molecule has 0 amide bonds. The van der Waals surface area contributed by atoms with Gasteiger partial charge in [0.05, 0.1) is 5.60 Å². The third-order valence-corrected chi connectivity index (χ3v) is 3.79. The largest absolute Gasteiger partial charge is 0.388 e. The Morgan fingerprint density at radius 1 is 1.17 bits per heavy atom. The first kappa shape index (κ1) is 11.5. The molecule has 0 atom stereocenters. The highest BCUT2D eigenvalue weighted by Crippen LogP contribution is 2.30. The van der Waals surface area contributed by atoms with E-state index >= 15 is 0 Å². The summed E-state index contributed by atoms with van der Waals surface area (Å²) in [5.41, 5.74) is -0.543. The minimum absolute atomic E-state index is 0.543. The fourth-order valence-corrected chi connectivity index (χ4v) is 2.72. The van der Waals surface area contributed by atoms with E-state index in [1.165, 1.54) is 5.39 Å². The molecule has 0 unspecified atom stereocenters. The first-order valence-corrected chi connectivity index (χ1v) is 6.57. The highest BCUT2D eigenvalue weighted by atomic mass is 16.3. The quantitative estimate of drug-likeness (QED) is 0.869. The number of rotatable bonds is 3. The summed E-state index contributed by atoms with van der Waals surface area (Å²) in [7, 11) is 0. The maximum absolute atomic E-state index is 10.3. The summed E-state index contributed by atoms with van der Waals surface area (Å²) in [4.78, 5) is 4.38. The summed E-state index contributed by atoms with van der Waals surface area (Å²) < 4.78 is 0. The first-order valence-electron chi connectivity index (χ1n) is 6.57. The van der Waals surface area contributed by atoms with Crippen molar-refractivity contribution in [3.8, 4) is 0 Å². The van der Waals surface area contributed by atoms with Crippen LogP contribution in [0.5, 0.6) is 0 Å². The predicted molar refractivity (Wildman–Crippen MR) is 73.7 cm³/mol. The van der Waals surface area contributed by atoms with Gasteiger partial charge in [0, 0.05) is 18.1 Å². The van der Waals surface area contributed by atoms with Crippen LogP contribution in [0.3, 0.4) is 0 Å². The van der Waals surface area contributed by atoms with Crippen molar-refractivity contribution in [2.75, 3.05) is 11.9 Å². The monoisotopic (exact) mass is 242 g/mol. The van der Waals surface area contributed by atoms with Crippen LogP contribution in [0.2, 0.25) is 0 Å². The Morgan fingerprint density at radius 2 is 1.94 bits per heavy atom. The highest BCUT2D eigenvalue weighted by molar-refractivity contribution is 5.91. The van der Waals surface area contributed by atoms with Crippen molar-refractivity contribution in [2.45, 2.75) is 31.3 Å². The number of hydrogen-bond donors (Lipinski definition) is 2. The van der Waals surface area contributed by atoms with Gasteiger partial charge in [0.15, 0.2) is 0 Å². The van der Waals surface area contributed by atoms with Gasteiger partial charge in [0.25, 0.3) is 0 Å². The molecular weight excluding hydrogens is 224 g/mol. The maximum atomic E-state index is 10.3. The third-order valence-electron chi connectivity index (χ3n) is 3.79. The maximum Gasteiger partial charge on any atom is 0.133 e. The van der Waals surface area contributed by atoms with E-state index < -0.39 is 5.60 Å². The Bertz CT molecular complexity index is 542. The van der Waals surface area contributed by atoms with Gasteiger partial charge in [-0.15, -0.1) is 0 Å². The lowest BCUT2D eigenvalue weighted by atomic mass is 10.0. The minimum Gasteiger partial charge on any atom is -0.388 e. The molecule has 3 nitrogen and oxygen atoms in total. The number of hydrogen-bond acceptors (Lipinski definition) is 3. The summed E-state index contributed by atoms with van der Waals surface area (Å²) in [6, 6.07) is 10.2. The minimum atomic E-state index is -0.543. The molecule has 3 rings (SSSR count). The van der Waals surface area contributed by atoms with Crippen LogP contribution in [-0.4, -0.2) is 22.2 Å². The second kappa shape index (κ2) is 4.58. The van der Waals surface area contributed by atoms with Crippen molar-refractivity contribution in [3.05, 3.63) is 36.5 Å². The van der Waals surface area contributed by atoms with Gasteiger partial charge < -0.3 is 10.4 Å². The average molecular weight is 242 g/mol. The number of aromatic nitrogens is 1. The number of benzene rings is 1. The summed E-state index contributed by atoms with van der Waals surface area (Å²) in [5, 5.41) is 15.9. The van der Waals surface area contributed by atoms with Gasteiger partial charge in [-0.05, 0) is 24.3 Å². The lowest BCUT2D eigenvalue weighted by molar-refractivity contribution is 0.0614. The first-order chi connectivity index (χ1) is 8.77. The Balaban J connectivity index is 1.82. The third kappa shape index (κ3) is 2.18. The Morgan fingerprint density at radius 3 is 2.78 bits per heavy atom. The molecule has 3 heteroatoms. The molecule has 1 saturated carbocycles.